The second-order valence-corrected chi connectivity index (χ2v) is 5.68. The summed E-state index contributed by atoms with van der Waals surface area (Å²) in [6.45, 7) is 0.481. The molecule has 0 radical (unpaired) electrons. The predicted molar refractivity (Wildman–Crippen MR) is 96.5 cm³/mol. The molecule has 2 aromatic carbocycles. The van der Waals surface area contributed by atoms with E-state index in [0.717, 1.165) is 22.3 Å². The zero-order valence-electron chi connectivity index (χ0n) is 13.6. The van der Waals surface area contributed by atoms with Gasteiger partial charge in [-0.05, 0) is 23.8 Å². The number of benzene rings is 2. The lowest BCUT2D eigenvalue weighted by Crippen LogP contribution is -2.12. The van der Waals surface area contributed by atoms with Crippen LogP contribution in [-0.2, 0) is 6.54 Å². The van der Waals surface area contributed by atoms with Crippen molar-refractivity contribution >= 4 is 28.1 Å². The Bertz CT molecular complexity index is 893. The summed E-state index contributed by atoms with van der Waals surface area (Å²) >= 11 is 0. The summed E-state index contributed by atoms with van der Waals surface area (Å²) < 4.78 is 0. The Morgan fingerprint density at radius 3 is 2.58 bits per heavy atom. The number of rotatable bonds is 5. The van der Waals surface area contributed by atoms with Gasteiger partial charge in [0.1, 0.15) is 11.5 Å². The number of fused-ring (bicyclic) bond motifs is 1. The van der Waals surface area contributed by atoms with Gasteiger partial charge < -0.3 is 10.2 Å². The molecular formula is C18H18N4O2. The van der Waals surface area contributed by atoms with Crippen molar-refractivity contribution in [2.24, 2.45) is 0 Å². The van der Waals surface area contributed by atoms with Crippen LogP contribution in [0.2, 0.25) is 0 Å². The highest BCUT2D eigenvalue weighted by Gasteiger charge is 2.13. The zero-order chi connectivity index (χ0) is 17.1. The summed E-state index contributed by atoms with van der Waals surface area (Å²) in [5.41, 5.74) is 2.53. The molecule has 0 spiro atoms. The van der Waals surface area contributed by atoms with Crippen molar-refractivity contribution < 1.29 is 4.92 Å². The molecule has 1 aromatic heterocycles. The number of nitrogens with one attached hydrogen (secondary N) is 1. The fourth-order valence-corrected chi connectivity index (χ4v) is 2.58. The van der Waals surface area contributed by atoms with Gasteiger partial charge in [0.25, 0.3) is 5.69 Å². The number of hydrogen-bond donors (Lipinski definition) is 1. The zero-order valence-corrected chi connectivity index (χ0v) is 13.6. The maximum absolute atomic E-state index is 11.1. The van der Waals surface area contributed by atoms with E-state index in [0.29, 0.717) is 12.2 Å². The van der Waals surface area contributed by atoms with Crippen LogP contribution in [0.5, 0.6) is 0 Å². The first-order chi connectivity index (χ1) is 11.6. The number of para-hydroxylation sites is 3. The molecule has 6 heteroatoms. The normalized spacial score (nSPS) is 10.6. The molecule has 0 aliphatic heterocycles. The molecule has 0 saturated heterocycles. The lowest BCUT2D eigenvalue weighted by Gasteiger charge is -2.16. The standard InChI is InChI=1S/C18H18N4O2/c1-21(2)18-11-13(14-7-3-4-8-15(14)20-18)12-19-16-9-5-6-10-17(16)22(23)24/h3-11,19H,12H2,1-2H3. The number of nitro benzene ring substituents is 1. The number of aromatic nitrogens is 1. The van der Waals surface area contributed by atoms with Crippen LogP contribution < -0.4 is 10.2 Å². The van der Waals surface area contributed by atoms with Gasteiger partial charge in [-0.1, -0.05) is 30.3 Å². The lowest BCUT2D eigenvalue weighted by molar-refractivity contribution is -0.384. The quantitative estimate of drug-likeness (QED) is 0.571. The van der Waals surface area contributed by atoms with Gasteiger partial charge in [-0.15, -0.1) is 0 Å². The molecule has 0 atom stereocenters. The van der Waals surface area contributed by atoms with Gasteiger partial charge in [0.05, 0.1) is 10.4 Å². The van der Waals surface area contributed by atoms with Crippen molar-refractivity contribution in [3.63, 3.8) is 0 Å². The topological polar surface area (TPSA) is 71.3 Å². The van der Waals surface area contributed by atoms with Crippen molar-refractivity contribution in [1.29, 1.82) is 0 Å². The van der Waals surface area contributed by atoms with E-state index in [2.05, 4.69) is 10.3 Å². The van der Waals surface area contributed by atoms with E-state index < -0.39 is 0 Å². The third-order valence-corrected chi connectivity index (χ3v) is 3.82. The van der Waals surface area contributed by atoms with Crippen molar-refractivity contribution in [3.8, 4) is 0 Å². The minimum atomic E-state index is -0.377. The molecule has 0 unspecified atom stereocenters. The van der Waals surface area contributed by atoms with Crippen LogP contribution in [0.4, 0.5) is 17.2 Å². The van der Waals surface area contributed by atoms with Crippen LogP contribution in [-0.4, -0.2) is 24.0 Å². The molecule has 3 rings (SSSR count). The van der Waals surface area contributed by atoms with E-state index in [-0.39, 0.29) is 10.6 Å². The van der Waals surface area contributed by atoms with Crippen molar-refractivity contribution in [3.05, 3.63) is 70.3 Å². The largest absolute Gasteiger partial charge is 0.375 e. The number of nitrogens with zero attached hydrogens (tertiary/aromatic N) is 3. The maximum Gasteiger partial charge on any atom is 0.292 e. The van der Waals surface area contributed by atoms with Gasteiger partial charge in [0.15, 0.2) is 0 Å². The summed E-state index contributed by atoms with van der Waals surface area (Å²) in [6, 6.07) is 16.6. The van der Waals surface area contributed by atoms with Gasteiger partial charge in [-0.2, -0.15) is 0 Å². The molecule has 0 aliphatic carbocycles. The fourth-order valence-electron chi connectivity index (χ4n) is 2.58. The predicted octanol–water partition coefficient (Wildman–Crippen LogP) is 3.82. The molecule has 0 aliphatic rings. The Morgan fingerprint density at radius 2 is 1.83 bits per heavy atom. The van der Waals surface area contributed by atoms with Crippen molar-refractivity contribution in [2.45, 2.75) is 6.54 Å². The molecular weight excluding hydrogens is 304 g/mol. The number of pyridine rings is 1. The van der Waals surface area contributed by atoms with E-state index in [1.54, 1.807) is 18.2 Å². The minimum absolute atomic E-state index is 0.0729. The molecule has 0 saturated carbocycles. The Kier molecular flexibility index (Phi) is 4.29. The molecule has 122 valence electrons. The van der Waals surface area contributed by atoms with Crippen molar-refractivity contribution in [2.75, 3.05) is 24.3 Å². The summed E-state index contributed by atoms with van der Waals surface area (Å²) in [4.78, 5) is 17.3. The number of anilines is 2. The smallest absolute Gasteiger partial charge is 0.292 e. The number of nitro groups is 1. The molecule has 0 fully saturated rings. The van der Waals surface area contributed by atoms with Gasteiger partial charge in [0, 0.05) is 32.1 Å². The molecule has 3 aromatic rings. The average molecular weight is 322 g/mol. The van der Waals surface area contributed by atoms with Crippen LogP contribution in [0.15, 0.2) is 54.6 Å². The second-order valence-electron chi connectivity index (χ2n) is 5.68. The molecule has 0 bridgehead atoms. The highest BCUT2D eigenvalue weighted by atomic mass is 16.6. The summed E-state index contributed by atoms with van der Waals surface area (Å²) in [5.74, 6) is 0.855. The lowest BCUT2D eigenvalue weighted by atomic mass is 10.1. The third kappa shape index (κ3) is 3.12. The Labute approximate surface area is 139 Å². The van der Waals surface area contributed by atoms with Crippen molar-refractivity contribution in [1.82, 2.24) is 4.98 Å². The van der Waals surface area contributed by atoms with E-state index in [4.69, 9.17) is 0 Å². The summed E-state index contributed by atoms with van der Waals surface area (Å²) in [6.07, 6.45) is 0. The first kappa shape index (κ1) is 15.7. The first-order valence-corrected chi connectivity index (χ1v) is 7.59. The van der Waals surface area contributed by atoms with Crippen LogP contribution in [0.1, 0.15) is 5.56 Å². The van der Waals surface area contributed by atoms with Gasteiger partial charge in [0.2, 0.25) is 0 Å². The maximum atomic E-state index is 11.1. The van der Waals surface area contributed by atoms with Crippen LogP contribution >= 0.6 is 0 Å². The Hall–Kier alpha value is -3.15. The SMILES string of the molecule is CN(C)c1cc(CNc2ccccc2[N+](=O)[O-])c2ccccc2n1. The van der Waals surface area contributed by atoms with Gasteiger partial charge in [-0.3, -0.25) is 10.1 Å². The van der Waals surface area contributed by atoms with Crippen LogP contribution in [0, 0.1) is 10.1 Å². The second kappa shape index (κ2) is 6.54. The molecule has 6 nitrogen and oxygen atoms in total. The minimum Gasteiger partial charge on any atom is -0.375 e. The first-order valence-electron chi connectivity index (χ1n) is 7.59. The highest BCUT2D eigenvalue weighted by molar-refractivity contribution is 5.84. The third-order valence-electron chi connectivity index (χ3n) is 3.82. The summed E-state index contributed by atoms with van der Waals surface area (Å²) in [7, 11) is 3.88. The molecule has 1 heterocycles. The Balaban J connectivity index is 1.97. The van der Waals surface area contributed by atoms with Crippen LogP contribution in [0.25, 0.3) is 10.9 Å². The van der Waals surface area contributed by atoms with Crippen LogP contribution in [0.3, 0.4) is 0 Å². The van der Waals surface area contributed by atoms with Gasteiger partial charge in [-0.25, -0.2) is 4.98 Å². The van der Waals surface area contributed by atoms with E-state index in [9.17, 15) is 10.1 Å². The summed E-state index contributed by atoms with van der Waals surface area (Å²) in [5, 5.41) is 15.4. The van der Waals surface area contributed by atoms with E-state index >= 15 is 0 Å². The van der Waals surface area contributed by atoms with E-state index in [1.165, 1.54) is 6.07 Å². The highest BCUT2D eigenvalue weighted by Crippen LogP contribution is 2.26. The number of hydrogen-bond acceptors (Lipinski definition) is 5. The van der Waals surface area contributed by atoms with E-state index in [1.807, 2.05) is 49.3 Å². The monoisotopic (exact) mass is 322 g/mol. The average Bonchev–Trinajstić information content (AvgIpc) is 2.59. The molecule has 0 amide bonds. The van der Waals surface area contributed by atoms with Gasteiger partial charge >= 0.3 is 0 Å². The Morgan fingerprint density at radius 1 is 1.12 bits per heavy atom. The fraction of sp³-hybridized carbons (Fsp3) is 0.167. The molecule has 1 N–H and O–H groups in total. The molecule has 24 heavy (non-hydrogen) atoms.